The fourth-order valence-corrected chi connectivity index (χ4v) is 3.33. The summed E-state index contributed by atoms with van der Waals surface area (Å²) in [4.78, 5) is 17.1. The molecule has 2 aliphatic rings. The van der Waals surface area contributed by atoms with Gasteiger partial charge in [-0.15, -0.1) is 0 Å². The van der Waals surface area contributed by atoms with Crippen molar-refractivity contribution >= 4 is 5.91 Å². The standard InChI is InChI=1S/C15H29N3O2/c1-4-16-14-11-20-10-13(14)15(19)17(3)12-6-8-18(5-2)9-7-12/h12-14,16H,4-11H2,1-3H3. The highest BCUT2D eigenvalue weighted by Gasteiger charge is 2.37. The van der Waals surface area contributed by atoms with E-state index < -0.39 is 0 Å². The van der Waals surface area contributed by atoms with Gasteiger partial charge < -0.3 is 19.9 Å². The third-order valence-electron chi connectivity index (χ3n) is 4.76. The maximum Gasteiger partial charge on any atom is 0.229 e. The van der Waals surface area contributed by atoms with E-state index in [1.807, 2.05) is 11.9 Å². The van der Waals surface area contributed by atoms with Gasteiger partial charge in [-0.1, -0.05) is 13.8 Å². The molecular weight excluding hydrogens is 254 g/mol. The number of nitrogens with one attached hydrogen (secondary N) is 1. The lowest BCUT2D eigenvalue weighted by Crippen LogP contribution is -2.50. The maximum absolute atomic E-state index is 12.7. The van der Waals surface area contributed by atoms with Gasteiger partial charge in [-0.3, -0.25) is 4.79 Å². The Kier molecular flexibility index (Phi) is 5.81. The number of amides is 1. The lowest BCUT2D eigenvalue weighted by molar-refractivity contribution is -0.137. The van der Waals surface area contributed by atoms with Crippen LogP contribution in [0, 0.1) is 5.92 Å². The second-order valence-electron chi connectivity index (χ2n) is 5.92. The molecular formula is C15H29N3O2. The van der Waals surface area contributed by atoms with Gasteiger partial charge in [0.15, 0.2) is 0 Å². The van der Waals surface area contributed by atoms with Gasteiger partial charge >= 0.3 is 0 Å². The van der Waals surface area contributed by atoms with Crippen LogP contribution in [-0.2, 0) is 9.53 Å². The summed E-state index contributed by atoms with van der Waals surface area (Å²) in [6.07, 6.45) is 2.19. The van der Waals surface area contributed by atoms with E-state index >= 15 is 0 Å². The number of ether oxygens (including phenoxy) is 1. The van der Waals surface area contributed by atoms with Crippen LogP contribution >= 0.6 is 0 Å². The molecule has 2 aliphatic heterocycles. The summed E-state index contributed by atoms with van der Waals surface area (Å²) in [5.74, 6) is 0.243. The summed E-state index contributed by atoms with van der Waals surface area (Å²) in [6.45, 7) is 9.71. The minimum Gasteiger partial charge on any atom is -0.379 e. The first-order valence-electron chi connectivity index (χ1n) is 7.97. The van der Waals surface area contributed by atoms with Crippen molar-refractivity contribution < 1.29 is 9.53 Å². The summed E-state index contributed by atoms with van der Waals surface area (Å²) >= 11 is 0. The number of likely N-dealkylation sites (N-methyl/N-ethyl adjacent to an activating group) is 1. The summed E-state index contributed by atoms with van der Waals surface area (Å²) < 4.78 is 5.50. The molecule has 0 spiro atoms. The van der Waals surface area contributed by atoms with Crippen molar-refractivity contribution in [2.45, 2.75) is 38.8 Å². The van der Waals surface area contributed by atoms with Crippen LogP contribution in [0.4, 0.5) is 0 Å². The zero-order valence-corrected chi connectivity index (χ0v) is 13.1. The van der Waals surface area contributed by atoms with E-state index in [9.17, 15) is 4.79 Å². The summed E-state index contributed by atoms with van der Waals surface area (Å²) in [5.41, 5.74) is 0. The Bertz CT molecular complexity index is 316. The van der Waals surface area contributed by atoms with Gasteiger partial charge in [-0.2, -0.15) is 0 Å². The van der Waals surface area contributed by atoms with Gasteiger partial charge in [-0.25, -0.2) is 0 Å². The van der Waals surface area contributed by atoms with Crippen molar-refractivity contribution in [3.05, 3.63) is 0 Å². The number of carbonyl (C=O) groups excluding carboxylic acids is 1. The third-order valence-corrected chi connectivity index (χ3v) is 4.76. The normalized spacial score (nSPS) is 28.8. The molecule has 116 valence electrons. The topological polar surface area (TPSA) is 44.8 Å². The number of hydrogen-bond donors (Lipinski definition) is 1. The molecule has 0 bridgehead atoms. The second kappa shape index (κ2) is 7.38. The van der Waals surface area contributed by atoms with Gasteiger partial charge in [0.25, 0.3) is 0 Å². The highest BCUT2D eigenvalue weighted by Crippen LogP contribution is 2.21. The van der Waals surface area contributed by atoms with Gasteiger partial charge in [0, 0.05) is 32.2 Å². The quantitative estimate of drug-likeness (QED) is 0.800. The average molecular weight is 283 g/mol. The number of likely N-dealkylation sites (tertiary alicyclic amines) is 1. The molecule has 2 saturated heterocycles. The summed E-state index contributed by atoms with van der Waals surface area (Å²) in [7, 11) is 1.97. The number of rotatable bonds is 5. The molecule has 1 N–H and O–H groups in total. The van der Waals surface area contributed by atoms with Crippen molar-refractivity contribution in [2.75, 3.05) is 46.4 Å². The van der Waals surface area contributed by atoms with E-state index in [4.69, 9.17) is 4.74 Å². The average Bonchev–Trinajstić information content (AvgIpc) is 2.94. The lowest BCUT2D eigenvalue weighted by atomic mass is 9.98. The molecule has 0 aliphatic carbocycles. The number of hydrogen-bond acceptors (Lipinski definition) is 4. The first-order valence-corrected chi connectivity index (χ1v) is 7.97. The molecule has 20 heavy (non-hydrogen) atoms. The SMILES string of the molecule is CCNC1COCC1C(=O)N(C)C1CCN(CC)CC1. The zero-order chi connectivity index (χ0) is 14.5. The molecule has 2 fully saturated rings. The lowest BCUT2D eigenvalue weighted by Gasteiger charge is -2.37. The van der Waals surface area contributed by atoms with Crippen LogP contribution in [0.25, 0.3) is 0 Å². The maximum atomic E-state index is 12.7. The van der Waals surface area contributed by atoms with E-state index in [-0.39, 0.29) is 17.9 Å². The van der Waals surface area contributed by atoms with Crippen LogP contribution < -0.4 is 5.32 Å². The van der Waals surface area contributed by atoms with E-state index in [1.54, 1.807) is 0 Å². The Morgan fingerprint density at radius 2 is 2.00 bits per heavy atom. The Hall–Kier alpha value is -0.650. The van der Waals surface area contributed by atoms with Gasteiger partial charge in [0.05, 0.1) is 19.1 Å². The minimum absolute atomic E-state index is 0.0100. The second-order valence-corrected chi connectivity index (χ2v) is 5.92. The Morgan fingerprint density at radius 3 is 2.60 bits per heavy atom. The monoisotopic (exact) mass is 283 g/mol. The largest absolute Gasteiger partial charge is 0.379 e. The molecule has 1 amide bonds. The Morgan fingerprint density at radius 1 is 1.30 bits per heavy atom. The molecule has 2 rings (SSSR count). The molecule has 0 aromatic heterocycles. The van der Waals surface area contributed by atoms with Gasteiger partial charge in [0.2, 0.25) is 5.91 Å². The minimum atomic E-state index is -0.0100. The van der Waals surface area contributed by atoms with Crippen LogP contribution in [0.5, 0.6) is 0 Å². The summed E-state index contributed by atoms with van der Waals surface area (Å²) in [6, 6.07) is 0.582. The fourth-order valence-electron chi connectivity index (χ4n) is 3.33. The molecule has 2 heterocycles. The smallest absolute Gasteiger partial charge is 0.229 e. The van der Waals surface area contributed by atoms with E-state index in [1.165, 1.54) is 0 Å². The van der Waals surface area contributed by atoms with Crippen molar-refractivity contribution in [1.82, 2.24) is 15.1 Å². The molecule has 2 atom stereocenters. The molecule has 5 heteroatoms. The van der Waals surface area contributed by atoms with Crippen molar-refractivity contribution in [3.8, 4) is 0 Å². The first-order chi connectivity index (χ1) is 9.67. The van der Waals surface area contributed by atoms with Crippen molar-refractivity contribution in [2.24, 2.45) is 5.92 Å². The molecule has 0 aromatic rings. The van der Waals surface area contributed by atoms with Crippen LogP contribution in [0.1, 0.15) is 26.7 Å². The highest BCUT2D eigenvalue weighted by molar-refractivity contribution is 5.80. The van der Waals surface area contributed by atoms with E-state index in [2.05, 4.69) is 24.1 Å². The Balaban J connectivity index is 1.88. The Labute approximate surface area is 122 Å². The van der Waals surface area contributed by atoms with E-state index in [0.717, 1.165) is 39.0 Å². The predicted molar refractivity (Wildman–Crippen MR) is 79.7 cm³/mol. The number of carbonyl (C=O) groups is 1. The van der Waals surface area contributed by atoms with Crippen molar-refractivity contribution in [3.63, 3.8) is 0 Å². The molecule has 0 saturated carbocycles. The molecule has 2 unspecified atom stereocenters. The van der Waals surface area contributed by atoms with Crippen LogP contribution in [0.2, 0.25) is 0 Å². The zero-order valence-electron chi connectivity index (χ0n) is 13.1. The third kappa shape index (κ3) is 3.51. The van der Waals surface area contributed by atoms with Crippen LogP contribution in [0.3, 0.4) is 0 Å². The fraction of sp³-hybridized carbons (Fsp3) is 0.933. The molecule has 0 radical (unpaired) electrons. The number of nitrogens with zero attached hydrogens (tertiary/aromatic N) is 2. The predicted octanol–water partition coefficient (Wildman–Crippen LogP) is 0.554. The van der Waals surface area contributed by atoms with Crippen molar-refractivity contribution in [1.29, 1.82) is 0 Å². The molecule has 5 nitrogen and oxygen atoms in total. The van der Waals surface area contributed by atoms with E-state index in [0.29, 0.717) is 19.3 Å². The molecule has 0 aromatic carbocycles. The summed E-state index contributed by atoms with van der Waals surface area (Å²) in [5, 5.41) is 3.37. The van der Waals surface area contributed by atoms with Crippen LogP contribution in [-0.4, -0.2) is 74.2 Å². The van der Waals surface area contributed by atoms with Gasteiger partial charge in [0.1, 0.15) is 0 Å². The van der Waals surface area contributed by atoms with Gasteiger partial charge in [-0.05, 0) is 25.9 Å². The number of piperidine rings is 1. The highest BCUT2D eigenvalue weighted by atomic mass is 16.5. The first kappa shape index (κ1) is 15.7. The van der Waals surface area contributed by atoms with Crippen LogP contribution in [0.15, 0.2) is 0 Å².